The summed E-state index contributed by atoms with van der Waals surface area (Å²) in [5, 5.41) is 13.4. The maximum atomic E-state index is 10.2. The second kappa shape index (κ2) is 7.67. The van der Waals surface area contributed by atoms with Gasteiger partial charge < -0.3 is 19.9 Å². The maximum Gasteiger partial charge on any atom is 0.193 e. The first-order valence-corrected chi connectivity index (χ1v) is 8.16. The molecule has 1 atom stereocenters. The molecular weight excluding hydrogens is 320 g/mol. The van der Waals surface area contributed by atoms with E-state index in [0.717, 1.165) is 17.4 Å². The van der Waals surface area contributed by atoms with E-state index in [1.807, 2.05) is 37.3 Å². The average Bonchev–Trinajstić information content (AvgIpc) is 3.09. The molecular formula is C15H21ClN4OS. The number of aliphatic hydroxyl groups excluding tert-OH is 1. The van der Waals surface area contributed by atoms with Crippen molar-refractivity contribution < 1.29 is 5.11 Å². The Bertz CT molecular complexity index is 637. The van der Waals surface area contributed by atoms with Crippen molar-refractivity contribution in [3.8, 4) is 0 Å². The zero-order valence-electron chi connectivity index (χ0n) is 13.0. The smallest absolute Gasteiger partial charge is 0.193 e. The van der Waals surface area contributed by atoms with Gasteiger partial charge in [0.15, 0.2) is 5.96 Å². The number of aliphatic imine (C=N–C) groups is 1. The molecule has 0 saturated carbocycles. The Balaban J connectivity index is 1.90. The molecule has 2 aromatic heterocycles. The van der Waals surface area contributed by atoms with Gasteiger partial charge in [-0.05, 0) is 24.3 Å². The number of hydrogen-bond donors (Lipinski definition) is 2. The number of hydrogen-bond acceptors (Lipinski definition) is 3. The van der Waals surface area contributed by atoms with Crippen LogP contribution in [0.25, 0.3) is 0 Å². The van der Waals surface area contributed by atoms with Crippen molar-refractivity contribution in [1.82, 2.24) is 14.8 Å². The zero-order chi connectivity index (χ0) is 16.1. The molecule has 2 rings (SSSR count). The minimum atomic E-state index is -0.599. The first-order valence-electron chi connectivity index (χ1n) is 6.96. The molecule has 0 saturated heterocycles. The van der Waals surface area contributed by atoms with Crippen molar-refractivity contribution in [1.29, 1.82) is 0 Å². The molecule has 2 N–H and O–H groups in total. The number of nitrogens with one attached hydrogen (secondary N) is 1. The van der Waals surface area contributed by atoms with E-state index in [4.69, 9.17) is 11.6 Å². The fourth-order valence-electron chi connectivity index (χ4n) is 2.16. The lowest BCUT2D eigenvalue weighted by Gasteiger charge is -2.23. The van der Waals surface area contributed by atoms with E-state index in [9.17, 15) is 5.11 Å². The second-order valence-corrected chi connectivity index (χ2v) is 6.80. The largest absolute Gasteiger partial charge is 0.386 e. The van der Waals surface area contributed by atoms with Crippen LogP contribution >= 0.6 is 22.9 Å². The summed E-state index contributed by atoms with van der Waals surface area (Å²) in [6.07, 6.45) is 1.42. The van der Waals surface area contributed by atoms with E-state index >= 15 is 0 Å². The van der Waals surface area contributed by atoms with Gasteiger partial charge in [0.1, 0.15) is 6.10 Å². The van der Waals surface area contributed by atoms with Gasteiger partial charge in [-0.2, -0.15) is 0 Å². The molecule has 0 fully saturated rings. The number of aryl methyl sites for hydroxylation is 1. The van der Waals surface area contributed by atoms with Crippen LogP contribution in [0.3, 0.4) is 0 Å². The predicted octanol–water partition coefficient (Wildman–Crippen LogP) is 2.48. The predicted molar refractivity (Wildman–Crippen MR) is 92.5 cm³/mol. The molecule has 0 radical (unpaired) electrons. The van der Waals surface area contributed by atoms with Crippen molar-refractivity contribution >= 4 is 28.9 Å². The second-order valence-electron chi connectivity index (χ2n) is 5.05. The van der Waals surface area contributed by atoms with Crippen LogP contribution in [0.1, 0.15) is 16.7 Å². The summed E-state index contributed by atoms with van der Waals surface area (Å²) >= 11 is 7.28. The van der Waals surface area contributed by atoms with Gasteiger partial charge in [-0.15, -0.1) is 11.3 Å². The quantitative estimate of drug-likeness (QED) is 0.649. The lowest BCUT2D eigenvalue weighted by Crippen LogP contribution is -2.40. The summed E-state index contributed by atoms with van der Waals surface area (Å²) < 4.78 is 2.76. The molecule has 0 amide bonds. The summed E-state index contributed by atoms with van der Waals surface area (Å²) in [6, 6.07) is 7.73. The summed E-state index contributed by atoms with van der Waals surface area (Å²) in [5.74, 6) is 0.739. The van der Waals surface area contributed by atoms with Gasteiger partial charge in [0.2, 0.25) is 0 Å². The van der Waals surface area contributed by atoms with Gasteiger partial charge in [0, 0.05) is 44.5 Å². The molecule has 0 aliphatic rings. The highest BCUT2D eigenvalue weighted by Crippen LogP contribution is 2.26. The molecule has 22 heavy (non-hydrogen) atoms. The molecule has 0 aromatic carbocycles. The number of guanidine groups is 1. The Kier molecular flexibility index (Phi) is 5.88. The SMILES string of the molecule is CN=C(NCC(O)c1ccc(Cl)s1)N(C)Cc1cccn1C. The third kappa shape index (κ3) is 4.25. The fraction of sp³-hybridized carbons (Fsp3) is 0.400. The van der Waals surface area contributed by atoms with Crippen molar-refractivity contribution in [2.45, 2.75) is 12.6 Å². The number of nitrogens with zero attached hydrogens (tertiary/aromatic N) is 3. The third-order valence-electron chi connectivity index (χ3n) is 3.40. The molecule has 120 valence electrons. The Morgan fingerprint density at radius 1 is 1.50 bits per heavy atom. The highest BCUT2D eigenvalue weighted by molar-refractivity contribution is 7.16. The van der Waals surface area contributed by atoms with E-state index in [1.165, 1.54) is 17.0 Å². The molecule has 7 heteroatoms. The average molecular weight is 341 g/mol. The highest BCUT2D eigenvalue weighted by Gasteiger charge is 2.13. The van der Waals surface area contributed by atoms with Crippen LogP contribution < -0.4 is 5.32 Å². The van der Waals surface area contributed by atoms with Gasteiger partial charge in [-0.3, -0.25) is 4.99 Å². The van der Waals surface area contributed by atoms with Crippen LogP contribution in [0.15, 0.2) is 35.5 Å². The van der Waals surface area contributed by atoms with Crippen LogP contribution in [0, 0.1) is 0 Å². The molecule has 0 spiro atoms. The molecule has 2 heterocycles. The minimum Gasteiger partial charge on any atom is -0.386 e. The number of thiophene rings is 1. The molecule has 0 bridgehead atoms. The highest BCUT2D eigenvalue weighted by atomic mass is 35.5. The van der Waals surface area contributed by atoms with Crippen LogP contribution in [-0.2, 0) is 13.6 Å². The van der Waals surface area contributed by atoms with Crippen LogP contribution in [0.2, 0.25) is 4.34 Å². The number of rotatable bonds is 5. The van der Waals surface area contributed by atoms with Crippen molar-refractivity contribution in [2.24, 2.45) is 12.0 Å². The van der Waals surface area contributed by atoms with Crippen LogP contribution in [-0.4, -0.2) is 41.2 Å². The lowest BCUT2D eigenvalue weighted by atomic mass is 10.3. The van der Waals surface area contributed by atoms with E-state index in [0.29, 0.717) is 10.9 Å². The van der Waals surface area contributed by atoms with Crippen molar-refractivity contribution in [3.63, 3.8) is 0 Å². The van der Waals surface area contributed by atoms with Crippen molar-refractivity contribution in [2.75, 3.05) is 20.6 Å². The van der Waals surface area contributed by atoms with Crippen molar-refractivity contribution in [3.05, 3.63) is 45.4 Å². The monoisotopic (exact) mass is 340 g/mol. The Morgan fingerprint density at radius 3 is 2.82 bits per heavy atom. The van der Waals surface area contributed by atoms with E-state index in [-0.39, 0.29) is 0 Å². The first-order chi connectivity index (χ1) is 10.5. The Morgan fingerprint density at radius 2 is 2.27 bits per heavy atom. The minimum absolute atomic E-state index is 0.390. The summed E-state index contributed by atoms with van der Waals surface area (Å²) in [5.41, 5.74) is 1.19. The Hall–Kier alpha value is -1.50. The molecule has 1 unspecified atom stereocenters. The number of halogens is 1. The third-order valence-corrected chi connectivity index (χ3v) is 4.73. The van der Waals surface area contributed by atoms with Crippen LogP contribution in [0.5, 0.6) is 0 Å². The maximum absolute atomic E-state index is 10.2. The number of aliphatic hydroxyl groups is 1. The van der Waals surface area contributed by atoms with E-state index in [1.54, 1.807) is 13.1 Å². The zero-order valence-corrected chi connectivity index (χ0v) is 14.5. The van der Waals surface area contributed by atoms with E-state index < -0.39 is 6.10 Å². The first kappa shape index (κ1) is 16.9. The van der Waals surface area contributed by atoms with Gasteiger partial charge in [0.25, 0.3) is 0 Å². The van der Waals surface area contributed by atoms with Gasteiger partial charge in [-0.1, -0.05) is 11.6 Å². The summed E-state index contributed by atoms with van der Waals surface area (Å²) in [4.78, 5) is 7.12. The van der Waals surface area contributed by atoms with Gasteiger partial charge >= 0.3 is 0 Å². The lowest BCUT2D eigenvalue weighted by molar-refractivity contribution is 0.183. The van der Waals surface area contributed by atoms with Gasteiger partial charge in [-0.25, -0.2) is 0 Å². The molecule has 2 aromatic rings. The number of aromatic nitrogens is 1. The van der Waals surface area contributed by atoms with E-state index in [2.05, 4.69) is 20.9 Å². The summed E-state index contributed by atoms with van der Waals surface area (Å²) in [6.45, 7) is 1.13. The molecule has 0 aliphatic heterocycles. The normalized spacial score (nSPS) is 13.2. The Labute approximate surface area is 139 Å². The van der Waals surface area contributed by atoms with Crippen LogP contribution in [0.4, 0.5) is 0 Å². The molecule has 0 aliphatic carbocycles. The topological polar surface area (TPSA) is 52.8 Å². The molecule has 5 nitrogen and oxygen atoms in total. The van der Waals surface area contributed by atoms with Gasteiger partial charge in [0.05, 0.1) is 10.9 Å². The standard InChI is InChI=1S/C15H21ClN4OS/c1-17-15(20(3)10-11-5-4-8-19(11)2)18-9-12(21)13-6-7-14(16)22-13/h4-8,12,21H,9-10H2,1-3H3,(H,17,18). The summed E-state index contributed by atoms with van der Waals surface area (Å²) in [7, 11) is 5.72. The fourth-order valence-corrected chi connectivity index (χ4v) is 3.21.